The van der Waals surface area contributed by atoms with E-state index in [1.54, 1.807) is 24.3 Å². The van der Waals surface area contributed by atoms with Crippen molar-refractivity contribution >= 4 is 40.4 Å². The molecular weight excluding hydrogens is 346 g/mol. The summed E-state index contributed by atoms with van der Waals surface area (Å²) in [6.07, 6.45) is 0. The number of rotatable bonds is 3. The van der Waals surface area contributed by atoms with Gasteiger partial charge in [-0.3, -0.25) is 9.59 Å². The van der Waals surface area contributed by atoms with Crippen LogP contribution in [-0.2, 0) is 0 Å². The van der Waals surface area contributed by atoms with Crippen LogP contribution in [0.2, 0.25) is 5.02 Å². The number of carbonyl (C=O) groups is 2. The van der Waals surface area contributed by atoms with Crippen LogP contribution in [-0.4, -0.2) is 42.4 Å². The molecule has 1 fully saturated rings. The molecule has 0 bridgehead atoms. The summed E-state index contributed by atoms with van der Waals surface area (Å²) in [5, 5.41) is 8.28. The van der Waals surface area contributed by atoms with E-state index >= 15 is 0 Å². The molecule has 2 heterocycles. The van der Waals surface area contributed by atoms with Crippen molar-refractivity contribution in [2.24, 2.45) is 0 Å². The van der Waals surface area contributed by atoms with E-state index in [0.29, 0.717) is 27.7 Å². The van der Waals surface area contributed by atoms with Crippen LogP contribution in [0.4, 0.5) is 5.69 Å². The van der Waals surface area contributed by atoms with Crippen LogP contribution in [0.3, 0.4) is 0 Å². The van der Waals surface area contributed by atoms with Gasteiger partial charge in [-0.15, -0.1) is 11.3 Å². The van der Waals surface area contributed by atoms with Gasteiger partial charge in [-0.2, -0.15) is 0 Å². The lowest BCUT2D eigenvalue weighted by Gasteiger charge is -2.34. The third-order valence-electron chi connectivity index (χ3n) is 3.97. The Bertz CT molecular complexity index is 748. The summed E-state index contributed by atoms with van der Waals surface area (Å²) >= 11 is 7.53. The van der Waals surface area contributed by atoms with Crippen LogP contribution in [0.1, 0.15) is 27.0 Å². The molecule has 1 saturated heterocycles. The van der Waals surface area contributed by atoms with Gasteiger partial charge < -0.3 is 15.5 Å². The number of nitrogens with one attached hydrogen (secondary N) is 2. The molecule has 1 aromatic heterocycles. The van der Waals surface area contributed by atoms with Gasteiger partial charge in [0.1, 0.15) is 0 Å². The smallest absolute Gasteiger partial charge is 0.265 e. The first kappa shape index (κ1) is 17.0. The summed E-state index contributed by atoms with van der Waals surface area (Å²) in [6.45, 7) is 4.24. The van der Waals surface area contributed by atoms with E-state index in [-0.39, 0.29) is 17.9 Å². The number of hydrogen-bond acceptors (Lipinski definition) is 4. The molecule has 1 aromatic carbocycles. The van der Waals surface area contributed by atoms with Crippen LogP contribution in [0.5, 0.6) is 0 Å². The first-order valence-electron chi connectivity index (χ1n) is 7.72. The molecule has 0 aliphatic carbocycles. The predicted octanol–water partition coefficient (Wildman–Crippen LogP) is 3.09. The summed E-state index contributed by atoms with van der Waals surface area (Å²) < 4.78 is 0. The first-order valence-corrected chi connectivity index (χ1v) is 8.98. The zero-order valence-electron chi connectivity index (χ0n) is 13.2. The number of piperazine rings is 1. The van der Waals surface area contributed by atoms with Crippen LogP contribution in [0, 0.1) is 0 Å². The molecule has 24 heavy (non-hydrogen) atoms. The Morgan fingerprint density at radius 1 is 1.38 bits per heavy atom. The van der Waals surface area contributed by atoms with Crippen molar-refractivity contribution in [1.29, 1.82) is 0 Å². The molecule has 1 atom stereocenters. The lowest BCUT2D eigenvalue weighted by atomic mass is 10.1. The van der Waals surface area contributed by atoms with Gasteiger partial charge in [0.2, 0.25) is 0 Å². The predicted molar refractivity (Wildman–Crippen MR) is 97.1 cm³/mol. The van der Waals surface area contributed by atoms with E-state index in [4.69, 9.17) is 11.6 Å². The number of benzene rings is 1. The highest BCUT2D eigenvalue weighted by Crippen LogP contribution is 2.25. The Labute approximate surface area is 149 Å². The van der Waals surface area contributed by atoms with Crippen molar-refractivity contribution in [1.82, 2.24) is 10.2 Å². The fraction of sp³-hybridized carbons (Fsp3) is 0.294. The highest BCUT2D eigenvalue weighted by Gasteiger charge is 2.24. The van der Waals surface area contributed by atoms with Gasteiger partial charge in [0.25, 0.3) is 11.8 Å². The molecule has 0 spiro atoms. The van der Waals surface area contributed by atoms with Crippen LogP contribution >= 0.6 is 22.9 Å². The van der Waals surface area contributed by atoms with E-state index in [1.165, 1.54) is 11.3 Å². The lowest BCUT2D eigenvalue weighted by Crippen LogP contribution is -2.52. The monoisotopic (exact) mass is 363 g/mol. The number of carbonyl (C=O) groups excluding carboxylic acids is 2. The van der Waals surface area contributed by atoms with Crippen molar-refractivity contribution in [3.8, 4) is 0 Å². The SMILES string of the molecule is C[C@@H]1CNCCN1C(=O)c1ccc(Cl)c(NC(=O)c2cccs2)c1. The van der Waals surface area contributed by atoms with Crippen molar-refractivity contribution in [2.75, 3.05) is 25.0 Å². The average Bonchev–Trinajstić information content (AvgIpc) is 3.11. The molecule has 126 valence electrons. The van der Waals surface area contributed by atoms with Crippen molar-refractivity contribution in [3.63, 3.8) is 0 Å². The van der Waals surface area contributed by atoms with Gasteiger partial charge in [-0.25, -0.2) is 0 Å². The molecule has 2 amide bonds. The Hall–Kier alpha value is -1.89. The lowest BCUT2D eigenvalue weighted by molar-refractivity contribution is 0.0655. The molecule has 2 N–H and O–H groups in total. The summed E-state index contributed by atoms with van der Waals surface area (Å²) in [7, 11) is 0. The molecule has 0 saturated carbocycles. The van der Waals surface area contributed by atoms with Crippen LogP contribution < -0.4 is 10.6 Å². The standard InChI is InChI=1S/C17H18ClN3O2S/c1-11-10-19-6-7-21(11)17(23)12-4-5-13(18)14(9-12)20-16(22)15-3-2-8-24-15/h2-5,8-9,11,19H,6-7,10H2,1H3,(H,20,22)/t11-/m1/s1. The highest BCUT2D eigenvalue weighted by atomic mass is 35.5. The van der Waals surface area contributed by atoms with E-state index in [1.807, 2.05) is 23.3 Å². The van der Waals surface area contributed by atoms with Gasteiger partial charge in [-0.1, -0.05) is 17.7 Å². The maximum Gasteiger partial charge on any atom is 0.265 e. The number of hydrogen-bond donors (Lipinski definition) is 2. The minimum atomic E-state index is -0.230. The number of nitrogens with zero attached hydrogens (tertiary/aromatic N) is 1. The van der Waals surface area contributed by atoms with E-state index in [2.05, 4.69) is 10.6 Å². The zero-order chi connectivity index (χ0) is 17.1. The largest absolute Gasteiger partial charge is 0.333 e. The second-order valence-corrected chi connectivity index (χ2v) is 7.03. The van der Waals surface area contributed by atoms with Gasteiger partial charge in [0.05, 0.1) is 15.6 Å². The Balaban J connectivity index is 1.80. The van der Waals surface area contributed by atoms with Gasteiger partial charge in [0.15, 0.2) is 0 Å². The second-order valence-electron chi connectivity index (χ2n) is 5.68. The first-order chi connectivity index (χ1) is 11.6. The number of amides is 2. The maximum atomic E-state index is 12.7. The number of thiophene rings is 1. The highest BCUT2D eigenvalue weighted by molar-refractivity contribution is 7.12. The molecule has 1 aliphatic heterocycles. The van der Waals surface area contributed by atoms with Crippen molar-refractivity contribution in [3.05, 3.63) is 51.2 Å². The van der Waals surface area contributed by atoms with Crippen LogP contribution in [0.25, 0.3) is 0 Å². The van der Waals surface area contributed by atoms with Gasteiger partial charge >= 0.3 is 0 Å². The summed E-state index contributed by atoms with van der Waals surface area (Å²) in [6, 6.07) is 8.67. The molecule has 5 nitrogen and oxygen atoms in total. The molecule has 0 unspecified atom stereocenters. The maximum absolute atomic E-state index is 12.7. The summed E-state index contributed by atoms with van der Waals surface area (Å²) in [4.78, 5) is 27.4. The minimum Gasteiger partial charge on any atom is -0.333 e. The fourth-order valence-corrected chi connectivity index (χ4v) is 3.44. The topological polar surface area (TPSA) is 61.4 Å². The quantitative estimate of drug-likeness (QED) is 0.880. The normalized spacial score (nSPS) is 17.6. The van der Waals surface area contributed by atoms with Gasteiger partial charge in [-0.05, 0) is 36.6 Å². The second kappa shape index (κ2) is 7.34. The average molecular weight is 364 g/mol. The van der Waals surface area contributed by atoms with E-state index in [0.717, 1.165) is 13.1 Å². The molecule has 3 rings (SSSR count). The number of anilines is 1. The van der Waals surface area contributed by atoms with E-state index < -0.39 is 0 Å². The fourth-order valence-electron chi connectivity index (χ4n) is 2.65. The van der Waals surface area contributed by atoms with Crippen molar-refractivity contribution < 1.29 is 9.59 Å². The Morgan fingerprint density at radius 3 is 2.92 bits per heavy atom. The summed E-state index contributed by atoms with van der Waals surface area (Å²) in [5.74, 6) is -0.278. The molecule has 0 radical (unpaired) electrons. The van der Waals surface area contributed by atoms with Crippen LogP contribution in [0.15, 0.2) is 35.7 Å². The minimum absolute atomic E-state index is 0.0488. The third-order valence-corrected chi connectivity index (χ3v) is 5.17. The molecular formula is C17H18ClN3O2S. The molecule has 7 heteroatoms. The molecule has 2 aromatic rings. The third kappa shape index (κ3) is 3.61. The number of halogens is 1. The summed E-state index contributed by atoms with van der Waals surface area (Å²) in [5.41, 5.74) is 0.971. The van der Waals surface area contributed by atoms with Crippen molar-refractivity contribution in [2.45, 2.75) is 13.0 Å². The van der Waals surface area contributed by atoms with Gasteiger partial charge in [0, 0.05) is 31.2 Å². The molecule has 1 aliphatic rings. The zero-order valence-corrected chi connectivity index (χ0v) is 14.8. The van der Waals surface area contributed by atoms with E-state index in [9.17, 15) is 9.59 Å². The Morgan fingerprint density at radius 2 is 2.21 bits per heavy atom. The Kier molecular flexibility index (Phi) is 5.18.